The predicted molar refractivity (Wildman–Crippen MR) is 76.6 cm³/mol. The van der Waals surface area contributed by atoms with Gasteiger partial charge in [-0.05, 0) is 5.92 Å². The summed E-state index contributed by atoms with van der Waals surface area (Å²) in [5, 5.41) is 0.532. The lowest BCUT2D eigenvalue weighted by Crippen LogP contribution is -2.35. The Morgan fingerprint density at radius 3 is 2.19 bits per heavy atom. The van der Waals surface area contributed by atoms with Gasteiger partial charge in [0.15, 0.2) is 0 Å². The van der Waals surface area contributed by atoms with Crippen LogP contribution in [0.25, 0.3) is 0 Å². The highest BCUT2D eigenvalue weighted by atomic mass is 14.3. The first-order valence-corrected chi connectivity index (χ1v) is 7.50. The molecule has 1 fully saturated rings. The fraction of sp³-hybridized carbons (Fsp3) is 1.00. The summed E-state index contributed by atoms with van der Waals surface area (Å²) >= 11 is 0. The molecular formula is C15H31B. The summed E-state index contributed by atoms with van der Waals surface area (Å²) in [6, 6.07) is 0. The van der Waals surface area contributed by atoms with Crippen molar-refractivity contribution in [2.45, 2.75) is 90.6 Å². The van der Waals surface area contributed by atoms with E-state index < -0.39 is 0 Å². The highest BCUT2D eigenvalue weighted by Gasteiger charge is 2.40. The molecule has 0 amide bonds. The molecule has 0 aromatic carbocycles. The zero-order chi connectivity index (χ0) is 12.2. The van der Waals surface area contributed by atoms with Crippen LogP contribution in [0.3, 0.4) is 0 Å². The van der Waals surface area contributed by atoms with E-state index in [4.69, 9.17) is 0 Å². The molecule has 0 aliphatic heterocycles. The Morgan fingerprint density at radius 1 is 1.19 bits per heavy atom. The lowest BCUT2D eigenvalue weighted by atomic mass is 9.24. The molecule has 0 atom stereocenters. The van der Waals surface area contributed by atoms with Crippen LogP contribution in [0.4, 0.5) is 0 Å². The molecule has 0 nitrogen and oxygen atoms in total. The third-order valence-electron chi connectivity index (χ3n) is 5.28. The van der Waals surface area contributed by atoms with Crippen LogP contribution in [0.15, 0.2) is 0 Å². The summed E-state index contributed by atoms with van der Waals surface area (Å²) in [5.41, 5.74) is 0. The topological polar surface area (TPSA) is 0 Å². The molecule has 0 aromatic heterocycles. The third kappa shape index (κ3) is 3.28. The molecule has 94 valence electrons. The second-order valence-corrected chi connectivity index (χ2v) is 6.77. The summed E-state index contributed by atoms with van der Waals surface area (Å²) in [5.74, 6) is 1.85. The maximum Gasteiger partial charge on any atom is 0.149 e. The summed E-state index contributed by atoms with van der Waals surface area (Å²) in [6.45, 7) is 13.1. The van der Waals surface area contributed by atoms with E-state index in [9.17, 15) is 0 Å². The molecule has 0 saturated heterocycles. The lowest BCUT2D eigenvalue weighted by molar-refractivity contribution is 0.454. The first-order valence-electron chi connectivity index (χ1n) is 7.50. The molecule has 0 radical (unpaired) electrons. The standard InChI is InChI=1S/C15H31B/c1-6-7-12-16(14-10-8-9-11-14)15(4,5)13(2)3/h13-14H,6-12H2,1-5H3. The molecule has 0 heterocycles. The number of hydrogen-bond acceptors (Lipinski definition) is 0. The van der Waals surface area contributed by atoms with Gasteiger partial charge in [-0.25, -0.2) is 0 Å². The van der Waals surface area contributed by atoms with Gasteiger partial charge in [-0.15, -0.1) is 0 Å². The maximum atomic E-state index is 2.51. The minimum absolute atomic E-state index is 0.532. The highest BCUT2D eigenvalue weighted by Crippen LogP contribution is 2.49. The molecule has 1 heteroatoms. The van der Waals surface area contributed by atoms with Crippen LogP contribution < -0.4 is 0 Å². The van der Waals surface area contributed by atoms with Crippen molar-refractivity contribution in [1.82, 2.24) is 0 Å². The summed E-state index contributed by atoms with van der Waals surface area (Å²) < 4.78 is 0. The van der Waals surface area contributed by atoms with E-state index in [1.807, 2.05) is 0 Å². The van der Waals surface area contributed by atoms with Crippen LogP contribution in [-0.4, -0.2) is 6.71 Å². The zero-order valence-electron chi connectivity index (χ0n) is 12.2. The Labute approximate surface area is 104 Å². The third-order valence-corrected chi connectivity index (χ3v) is 5.28. The first kappa shape index (κ1) is 14.1. The summed E-state index contributed by atoms with van der Waals surface area (Å²) in [7, 11) is 0. The Kier molecular flexibility index (Phi) is 5.40. The second kappa shape index (κ2) is 6.12. The number of unbranched alkanes of at least 4 members (excludes halogenated alkanes) is 1. The van der Waals surface area contributed by atoms with E-state index in [1.165, 1.54) is 44.8 Å². The van der Waals surface area contributed by atoms with Crippen LogP contribution >= 0.6 is 0 Å². The molecule has 0 aromatic rings. The smallest absolute Gasteiger partial charge is 0.0735 e. The van der Waals surface area contributed by atoms with Gasteiger partial charge in [-0.1, -0.05) is 90.6 Å². The quantitative estimate of drug-likeness (QED) is 0.508. The molecule has 0 spiro atoms. The summed E-state index contributed by atoms with van der Waals surface area (Å²) in [4.78, 5) is 0. The van der Waals surface area contributed by atoms with E-state index in [0.717, 1.165) is 18.4 Å². The SMILES string of the molecule is CCCCB(C1CCCC1)C(C)(C)C(C)C. The van der Waals surface area contributed by atoms with Crippen molar-refractivity contribution in [1.29, 1.82) is 0 Å². The van der Waals surface area contributed by atoms with Gasteiger partial charge in [0.2, 0.25) is 0 Å². The molecule has 0 bridgehead atoms. The molecule has 1 saturated carbocycles. The van der Waals surface area contributed by atoms with Crippen LogP contribution in [0, 0.1) is 5.92 Å². The minimum atomic E-state index is 0.532. The van der Waals surface area contributed by atoms with Crippen molar-refractivity contribution in [3.05, 3.63) is 0 Å². The van der Waals surface area contributed by atoms with E-state index in [2.05, 4.69) is 34.6 Å². The van der Waals surface area contributed by atoms with Crippen molar-refractivity contribution >= 4 is 6.71 Å². The van der Waals surface area contributed by atoms with Gasteiger partial charge in [0.05, 0.1) is 0 Å². The van der Waals surface area contributed by atoms with Gasteiger partial charge in [0.25, 0.3) is 0 Å². The Bertz CT molecular complexity index is 190. The van der Waals surface area contributed by atoms with Crippen LogP contribution in [0.2, 0.25) is 17.5 Å². The van der Waals surface area contributed by atoms with Gasteiger partial charge in [0.1, 0.15) is 6.71 Å². The van der Waals surface area contributed by atoms with Crippen LogP contribution in [0.5, 0.6) is 0 Å². The fourth-order valence-electron chi connectivity index (χ4n) is 3.43. The van der Waals surface area contributed by atoms with Crippen molar-refractivity contribution in [3.8, 4) is 0 Å². The van der Waals surface area contributed by atoms with E-state index in [1.54, 1.807) is 0 Å². The Morgan fingerprint density at radius 2 is 1.75 bits per heavy atom. The molecule has 0 N–H and O–H groups in total. The average molecular weight is 222 g/mol. The second-order valence-electron chi connectivity index (χ2n) is 6.77. The fourth-order valence-corrected chi connectivity index (χ4v) is 3.43. The normalized spacial score (nSPS) is 18.4. The Balaban J connectivity index is 2.68. The van der Waals surface area contributed by atoms with Crippen molar-refractivity contribution in [2.75, 3.05) is 0 Å². The van der Waals surface area contributed by atoms with Crippen molar-refractivity contribution < 1.29 is 0 Å². The lowest BCUT2D eigenvalue weighted by Gasteiger charge is -2.39. The molecular weight excluding hydrogens is 191 g/mol. The maximum absolute atomic E-state index is 2.51. The molecule has 1 aliphatic carbocycles. The highest BCUT2D eigenvalue weighted by molar-refractivity contribution is 6.63. The molecule has 0 unspecified atom stereocenters. The molecule has 1 aliphatic rings. The van der Waals surface area contributed by atoms with Gasteiger partial charge in [-0.2, -0.15) is 0 Å². The van der Waals surface area contributed by atoms with Gasteiger partial charge in [-0.3, -0.25) is 0 Å². The monoisotopic (exact) mass is 222 g/mol. The van der Waals surface area contributed by atoms with E-state index in [0.29, 0.717) is 5.31 Å². The summed E-state index contributed by atoms with van der Waals surface area (Å²) in [6.07, 6.45) is 10.2. The zero-order valence-corrected chi connectivity index (χ0v) is 12.2. The number of hydrogen-bond donors (Lipinski definition) is 0. The average Bonchev–Trinajstić information content (AvgIpc) is 2.71. The largest absolute Gasteiger partial charge is 0.149 e. The van der Waals surface area contributed by atoms with Crippen LogP contribution in [-0.2, 0) is 0 Å². The Hall–Kier alpha value is 0.0649. The number of rotatable bonds is 6. The van der Waals surface area contributed by atoms with Gasteiger partial charge in [0, 0.05) is 0 Å². The van der Waals surface area contributed by atoms with Crippen LogP contribution in [0.1, 0.15) is 73.1 Å². The van der Waals surface area contributed by atoms with Gasteiger partial charge < -0.3 is 0 Å². The molecule has 16 heavy (non-hydrogen) atoms. The van der Waals surface area contributed by atoms with E-state index in [-0.39, 0.29) is 0 Å². The van der Waals surface area contributed by atoms with E-state index >= 15 is 0 Å². The molecule has 1 rings (SSSR count). The predicted octanol–water partition coefficient (Wildman–Crippen LogP) is 5.66. The van der Waals surface area contributed by atoms with Crippen molar-refractivity contribution in [3.63, 3.8) is 0 Å². The minimum Gasteiger partial charge on any atom is -0.0735 e. The van der Waals surface area contributed by atoms with Gasteiger partial charge >= 0.3 is 0 Å². The first-order chi connectivity index (χ1) is 7.50. The van der Waals surface area contributed by atoms with Crippen molar-refractivity contribution in [2.24, 2.45) is 5.92 Å².